The van der Waals surface area contributed by atoms with E-state index in [1.165, 1.54) is 0 Å². The first-order valence-electron chi connectivity index (χ1n) is 3.30. The number of alkyl halides is 2. The molecule has 0 atom stereocenters. The molecular formula is C7H3Cl2F2NO2. The van der Waals surface area contributed by atoms with E-state index in [-0.39, 0.29) is 0 Å². The highest BCUT2D eigenvalue weighted by Gasteiger charge is 2.24. The summed E-state index contributed by atoms with van der Waals surface area (Å²) in [7, 11) is 0. The second-order valence-corrected chi connectivity index (χ2v) is 3.02. The highest BCUT2D eigenvalue weighted by molar-refractivity contribution is 6.67. The Morgan fingerprint density at radius 1 is 1.57 bits per heavy atom. The molecule has 7 heteroatoms. The number of nitrogens with zero attached hydrogens (tertiary/aromatic N) is 1. The van der Waals surface area contributed by atoms with Gasteiger partial charge < -0.3 is 5.11 Å². The summed E-state index contributed by atoms with van der Waals surface area (Å²) in [6.45, 7) is 0. The van der Waals surface area contributed by atoms with Crippen molar-refractivity contribution in [1.29, 1.82) is 0 Å². The van der Waals surface area contributed by atoms with Gasteiger partial charge in [-0.25, -0.2) is 13.8 Å². The third-order valence-corrected chi connectivity index (χ3v) is 2.01. The summed E-state index contributed by atoms with van der Waals surface area (Å²) in [4.78, 5) is 13.9. The largest absolute Gasteiger partial charge is 0.505 e. The van der Waals surface area contributed by atoms with E-state index in [1.807, 2.05) is 0 Å². The third-order valence-electron chi connectivity index (χ3n) is 1.44. The Labute approximate surface area is 87.3 Å². The van der Waals surface area contributed by atoms with Crippen LogP contribution in [-0.2, 0) is 0 Å². The molecule has 1 aromatic heterocycles. The molecule has 0 aliphatic rings. The molecule has 0 fully saturated rings. The van der Waals surface area contributed by atoms with Crippen LogP contribution < -0.4 is 0 Å². The Bertz CT molecular complexity index is 384. The van der Waals surface area contributed by atoms with Gasteiger partial charge in [0.05, 0.1) is 16.8 Å². The van der Waals surface area contributed by atoms with Gasteiger partial charge in [0.2, 0.25) is 0 Å². The average Bonchev–Trinajstić information content (AvgIpc) is 2.08. The fourth-order valence-electron chi connectivity index (χ4n) is 0.850. The van der Waals surface area contributed by atoms with E-state index in [0.717, 1.165) is 6.20 Å². The molecule has 0 radical (unpaired) electrons. The van der Waals surface area contributed by atoms with E-state index in [4.69, 9.17) is 28.3 Å². The lowest BCUT2D eigenvalue weighted by atomic mass is 10.2. The van der Waals surface area contributed by atoms with Crippen molar-refractivity contribution in [1.82, 2.24) is 4.98 Å². The van der Waals surface area contributed by atoms with E-state index >= 15 is 0 Å². The Balaban J connectivity index is 3.45. The number of hydrogen-bond donors (Lipinski definition) is 1. The first-order valence-corrected chi connectivity index (χ1v) is 4.06. The number of rotatable bonds is 2. The van der Waals surface area contributed by atoms with Crippen molar-refractivity contribution < 1.29 is 18.7 Å². The minimum Gasteiger partial charge on any atom is -0.505 e. The van der Waals surface area contributed by atoms with Crippen LogP contribution >= 0.6 is 23.2 Å². The summed E-state index contributed by atoms with van der Waals surface area (Å²) < 4.78 is 24.8. The lowest BCUT2D eigenvalue weighted by Gasteiger charge is -2.07. The Kier molecular flexibility index (Phi) is 3.23. The van der Waals surface area contributed by atoms with Gasteiger partial charge in [0, 0.05) is 0 Å². The van der Waals surface area contributed by atoms with Crippen molar-refractivity contribution in [3.8, 4) is 5.75 Å². The topological polar surface area (TPSA) is 50.2 Å². The molecule has 1 aromatic rings. The SMILES string of the molecule is O=C(Cl)c1ncc(O)c(Cl)c1C(F)F. The summed E-state index contributed by atoms with van der Waals surface area (Å²) in [6, 6.07) is 0. The maximum atomic E-state index is 12.4. The van der Waals surface area contributed by atoms with E-state index in [0.29, 0.717) is 0 Å². The molecule has 1 rings (SSSR count). The molecular weight excluding hydrogens is 239 g/mol. The fourth-order valence-corrected chi connectivity index (χ4v) is 1.22. The lowest BCUT2D eigenvalue weighted by Crippen LogP contribution is -2.02. The molecule has 0 unspecified atom stereocenters. The monoisotopic (exact) mass is 241 g/mol. The smallest absolute Gasteiger partial charge is 0.271 e. The van der Waals surface area contributed by atoms with Crippen LogP contribution in [0.1, 0.15) is 22.5 Å². The maximum absolute atomic E-state index is 12.4. The predicted octanol–water partition coefficient (Wildman–Crippen LogP) is 2.76. The van der Waals surface area contributed by atoms with Gasteiger partial charge in [-0.2, -0.15) is 0 Å². The van der Waals surface area contributed by atoms with Gasteiger partial charge in [0.15, 0.2) is 5.75 Å². The number of aromatic hydroxyl groups is 1. The van der Waals surface area contributed by atoms with Crippen molar-refractivity contribution in [2.24, 2.45) is 0 Å². The van der Waals surface area contributed by atoms with Crippen LogP contribution in [0.4, 0.5) is 8.78 Å². The van der Waals surface area contributed by atoms with Crippen LogP contribution in [0.25, 0.3) is 0 Å². The Morgan fingerprint density at radius 3 is 2.57 bits per heavy atom. The lowest BCUT2D eigenvalue weighted by molar-refractivity contribution is 0.106. The Morgan fingerprint density at radius 2 is 2.14 bits per heavy atom. The summed E-state index contributed by atoms with van der Waals surface area (Å²) in [6.07, 6.45) is -2.25. The zero-order valence-corrected chi connectivity index (χ0v) is 7.98. The van der Waals surface area contributed by atoms with Gasteiger partial charge in [-0.3, -0.25) is 4.79 Å². The molecule has 3 nitrogen and oxygen atoms in total. The maximum Gasteiger partial charge on any atom is 0.271 e. The normalized spacial score (nSPS) is 10.6. The molecule has 0 amide bonds. The summed E-state index contributed by atoms with van der Waals surface area (Å²) >= 11 is 10.4. The molecule has 76 valence electrons. The average molecular weight is 242 g/mol. The fraction of sp³-hybridized carbons (Fsp3) is 0.143. The number of hydrogen-bond acceptors (Lipinski definition) is 3. The standard InChI is InChI=1S/C7H3Cl2F2NO2/c8-4-2(13)1-12-5(6(9)14)3(4)7(10)11/h1,7,13H. The van der Waals surface area contributed by atoms with Gasteiger partial charge in [-0.1, -0.05) is 11.6 Å². The van der Waals surface area contributed by atoms with Crippen LogP contribution in [0, 0.1) is 0 Å². The minimum atomic E-state index is -3.03. The van der Waals surface area contributed by atoms with E-state index < -0.39 is 33.7 Å². The second-order valence-electron chi connectivity index (χ2n) is 2.29. The van der Waals surface area contributed by atoms with Crippen LogP contribution in [0.2, 0.25) is 5.02 Å². The molecule has 0 aliphatic carbocycles. The van der Waals surface area contributed by atoms with Crippen LogP contribution in [0.3, 0.4) is 0 Å². The molecule has 14 heavy (non-hydrogen) atoms. The molecule has 0 saturated heterocycles. The quantitative estimate of drug-likeness (QED) is 0.811. The Hall–Kier alpha value is -0.940. The predicted molar refractivity (Wildman–Crippen MR) is 46.1 cm³/mol. The molecule has 1 heterocycles. The van der Waals surface area contributed by atoms with Crippen LogP contribution in [-0.4, -0.2) is 15.3 Å². The first-order chi connectivity index (χ1) is 6.45. The number of halogens is 4. The van der Waals surface area contributed by atoms with Crippen molar-refractivity contribution >= 4 is 28.4 Å². The summed E-state index contributed by atoms with van der Waals surface area (Å²) in [5.41, 5.74) is -1.50. The van der Waals surface area contributed by atoms with Crippen molar-refractivity contribution in [2.75, 3.05) is 0 Å². The van der Waals surface area contributed by atoms with Gasteiger partial charge in [-0.15, -0.1) is 0 Å². The highest BCUT2D eigenvalue weighted by atomic mass is 35.5. The number of carbonyl (C=O) groups is 1. The highest BCUT2D eigenvalue weighted by Crippen LogP contribution is 2.35. The minimum absolute atomic E-state index is 0.612. The van der Waals surface area contributed by atoms with Crippen molar-refractivity contribution in [2.45, 2.75) is 6.43 Å². The summed E-state index contributed by atoms with van der Waals surface area (Å²) in [5, 5.41) is 7.21. The van der Waals surface area contributed by atoms with E-state index in [1.54, 1.807) is 0 Å². The molecule has 0 aromatic carbocycles. The van der Waals surface area contributed by atoms with Crippen molar-refractivity contribution in [3.63, 3.8) is 0 Å². The summed E-state index contributed by atoms with van der Waals surface area (Å²) in [5.74, 6) is -0.622. The number of aromatic nitrogens is 1. The first kappa shape index (κ1) is 11.1. The molecule has 0 aliphatic heterocycles. The van der Waals surface area contributed by atoms with Gasteiger partial charge in [0.1, 0.15) is 5.69 Å². The molecule has 0 spiro atoms. The molecule has 1 N–H and O–H groups in total. The number of carbonyl (C=O) groups excluding carboxylic acids is 1. The van der Waals surface area contributed by atoms with Gasteiger partial charge in [0.25, 0.3) is 11.7 Å². The molecule has 0 saturated carbocycles. The van der Waals surface area contributed by atoms with Gasteiger partial charge >= 0.3 is 0 Å². The van der Waals surface area contributed by atoms with Crippen LogP contribution in [0.15, 0.2) is 6.20 Å². The second kappa shape index (κ2) is 4.06. The molecule has 0 bridgehead atoms. The van der Waals surface area contributed by atoms with Crippen LogP contribution in [0.5, 0.6) is 5.75 Å². The van der Waals surface area contributed by atoms with Crippen molar-refractivity contribution in [3.05, 3.63) is 22.5 Å². The number of pyridine rings is 1. The van der Waals surface area contributed by atoms with E-state index in [9.17, 15) is 13.6 Å². The van der Waals surface area contributed by atoms with E-state index in [2.05, 4.69) is 4.98 Å². The third kappa shape index (κ3) is 1.93. The zero-order valence-electron chi connectivity index (χ0n) is 6.47. The zero-order chi connectivity index (χ0) is 10.9. The van der Waals surface area contributed by atoms with Gasteiger partial charge in [-0.05, 0) is 11.6 Å².